The van der Waals surface area contributed by atoms with Crippen LogP contribution in [0.4, 0.5) is 0 Å². The van der Waals surface area contributed by atoms with Crippen LogP contribution in [0, 0.1) is 0 Å². The molecule has 1 aliphatic rings. The number of methoxy groups -OCH3 is 1. The Morgan fingerprint density at radius 3 is 2.46 bits per heavy atom. The maximum absolute atomic E-state index is 12.6. The zero-order chi connectivity index (χ0) is 17.2. The second-order valence-corrected chi connectivity index (χ2v) is 8.43. The highest BCUT2D eigenvalue weighted by molar-refractivity contribution is 7.91. The van der Waals surface area contributed by atoms with Crippen LogP contribution in [0.3, 0.4) is 0 Å². The Hall–Kier alpha value is -1.76. The molecule has 1 fully saturated rings. The number of ether oxygens (including phenoxy) is 1. The molecule has 1 heterocycles. The Labute approximate surface area is 143 Å². The lowest BCUT2D eigenvalue weighted by atomic mass is 10.0. The fraction of sp³-hybridized carbons (Fsp3) is 0.389. The Kier molecular flexibility index (Phi) is 4.71. The van der Waals surface area contributed by atoms with Gasteiger partial charge in [-0.2, -0.15) is 0 Å². The van der Waals surface area contributed by atoms with Gasteiger partial charge in [0, 0.05) is 25.5 Å². The summed E-state index contributed by atoms with van der Waals surface area (Å²) in [5.41, 5.74) is 3.02. The number of nitrogens with zero attached hydrogens (tertiary/aromatic N) is 1. The van der Waals surface area contributed by atoms with Crippen molar-refractivity contribution >= 4 is 10.0 Å². The molecule has 1 saturated carbocycles. The number of rotatable bonds is 7. The molecule has 128 valence electrons. The summed E-state index contributed by atoms with van der Waals surface area (Å²) in [4.78, 5) is 4.11. The molecule has 1 N–H and O–H groups in total. The lowest BCUT2D eigenvalue weighted by Gasteiger charge is -2.20. The molecule has 5 nitrogen and oxygen atoms in total. The summed E-state index contributed by atoms with van der Waals surface area (Å²) in [6.45, 7) is 2.11. The largest absolute Gasteiger partial charge is 0.383 e. The maximum Gasteiger partial charge on any atom is 0.220 e. The Morgan fingerprint density at radius 1 is 1.21 bits per heavy atom. The van der Waals surface area contributed by atoms with Gasteiger partial charge in [-0.15, -0.1) is 0 Å². The van der Waals surface area contributed by atoms with E-state index in [4.69, 9.17) is 4.74 Å². The highest BCUT2D eigenvalue weighted by Gasteiger charge is 2.55. The first-order chi connectivity index (χ1) is 11.5. The van der Waals surface area contributed by atoms with Crippen LogP contribution in [0.25, 0.3) is 11.1 Å². The molecule has 0 bridgehead atoms. The third-order valence-corrected chi connectivity index (χ3v) is 6.85. The molecule has 24 heavy (non-hydrogen) atoms. The minimum Gasteiger partial charge on any atom is -0.383 e. The summed E-state index contributed by atoms with van der Waals surface area (Å²) in [6, 6.07) is 11.5. The zero-order valence-electron chi connectivity index (χ0n) is 13.9. The topological polar surface area (TPSA) is 68.3 Å². The molecular weight excluding hydrogens is 324 g/mol. The van der Waals surface area contributed by atoms with Gasteiger partial charge >= 0.3 is 0 Å². The second-order valence-electron chi connectivity index (χ2n) is 6.32. The SMILES string of the molecule is COCC1(S(=O)(=O)NC(C)c2ccc(-c3cccnc3)cc2)CC1. The van der Waals surface area contributed by atoms with Gasteiger partial charge < -0.3 is 4.74 Å². The van der Waals surface area contributed by atoms with Gasteiger partial charge in [-0.3, -0.25) is 4.98 Å². The van der Waals surface area contributed by atoms with E-state index in [0.717, 1.165) is 16.7 Å². The van der Waals surface area contributed by atoms with E-state index in [2.05, 4.69) is 9.71 Å². The quantitative estimate of drug-likeness (QED) is 0.837. The molecule has 1 aliphatic carbocycles. The first kappa shape index (κ1) is 17.1. The lowest BCUT2D eigenvalue weighted by molar-refractivity contribution is 0.191. The van der Waals surface area contributed by atoms with E-state index in [-0.39, 0.29) is 12.6 Å². The third-order valence-electron chi connectivity index (χ3n) is 4.52. The van der Waals surface area contributed by atoms with Crippen molar-refractivity contribution in [3.8, 4) is 11.1 Å². The molecule has 6 heteroatoms. The normalized spacial score (nSPS) is 17.4. The van der Waals surface area contributed by atoms with Crippen LogP contribution in [0.5, 0.6) is 0 Å². The maximum atomic E-state index is 12.6. The Bertz CT molecular complexity index is 785. The predicted octanol–water partition coefficient (Wildman–Crippen LogP) is 2.91. The van der Waals surface area contributed by atoms with Crippen molar-refractivity contribution < 1.29 is 13.2 Å². The van der Waals surface area contributed by atoms with Gasteiger partial charge in [0.05, 0.1) is 6.61 Å². The highest BCUT2D eigenvalue weighted by Crippen LogP contribution is 2.43. The Balaban J connectivity index is 1.73. The van der Waals surface area contributed by atoms with Crippen molar-refractivity contribution in [1.29, 1.82) is 0 Å². The molecule has 1 aromatic carbocycles. The number of pyridine rings is 1. The summed E-state index contributed by atoms with van der Waals surface area (Å²) >= 11 is 0. The van der Waals surface area contributed by atoms with E-state index in [1.807, 2.05) is 49.5 Å². The number of benzene rings is 1. The third kappa shape index (κ3) is 3.36. The van der Waals surface area contributed by atoms with Crippen molar-refractivity contribution in [3.05, 3.63) is 54.4 Å². The van der Waals surface area contributed by atoms with Gasteiger partial charge in [-0.1, -0.05) is 30.3 Å². The molecule has 1 aromatic heterocycles. The van der Waals surface area contributed by atoms with Crippen LogP contribution in [0.1, 0.15) is 31.4 Å². The number of hydrogen-bond acceptors (Lipinski definition) is 4. The van der Waals surface area contributed by atoms with Crippen molar-refractivity contribution in [1.82, 2.24) is 9.71 Å². The fourth-order valence-corrected chi connectivity index (χ4v) is 4.58. The molecule has 1 atom stereocenters. The first-order valence-electron chi connectivity index (χ1n) is 7.99. The van der Waals surface area contributed by atoms with E-state index in [1.54, 1.807) is 6.20 Å². The van der Waals surface area contributed by atoms with E-state index >= 15 is 0 Å². The number of sulfonamides is 1. The van der Waals surface area contributed by atoms with Crippen LogP contribution in [0.2, 0.25) is 0 Å². The van der Waals surface area contributed by atoms with Crippen molar-refractivity contribution in [2.45, 2.75) is 30.6 Å². The minimum absolute atomic E-state index is 0.245. The Morgan fingerprint density at radius 2 is 1.92 bits per heavy atom. The number of nitrogens with one attached hydrogen (secondary N) is 1. The summed E-state index contributed by atoms with van der Waals surface area (Å²) in [6.07, 6.45) is 4.86. The average Bonchev–Trinajstić information content (AvgIpc) is 3.37. The predicted molar refractivity (Wildman–Crippen MR) is 94.0 cm³/mol. The van der Waals surface area contributed by atoms with Gasteiger partial charge in [0.15, 0.2) is 0 Å². The van der Waals surface area contributed by atoms with Crippen molar-refractivity contribution in [2.75, 3.05) is 13.7 Å². The summed E-state index contributed by atoms with van der Waals surface area (Å²) in [5, 5.41) is 0. The molecule has 3 rings (SSSR count). The zero-order valence-corrected chi connectivity index (χ0v) is 14.7. The first-order valence-corrected chi connectivity index (χ1v) is 9.47. The molecule has 0 spiro atoms. The van der Waals surface area contributed by atoms with Gasteiger partial charge in [0.2, 0.25) is 10.0 Å². The van der Waals surface area contributed by atoms with Crippen molar-refractivity contribution in [3.63, 3.8) is 0 Å². The van der Waals surface area contributed by atoms with Gasteiger partial charge in [0.25, 0.3) is 0 Å². The van der Waals surface area contributed by atoms with Crippen LogP contribution in [0.15, 0.2) is 48.8 Å². The summed E-state index contributed by atoms with van der Waals surface area (Å²) < 4.78 is 32.3. The van der Waals surface area contributed by atoms with Crippen LogP contribution in [-0.2, 0) is 14.8 Å². The molecule has 1 unspecified atom stereocenters. The molecule has 0 radical (unpaired) electrons. The summed E-state index contributed by atoms with van der Waals surface area (Å²) in [5.74, 6) is 0. The van der Waals surface area contributed by atoms with E-state index in [9.17, 15) is 8.42 Å². The van der Waals surface area contributed by atoms with Crippen LogP contribution >= 0.6 is 0 Å². The number of hydrogen-bond donors (Lipinski definition) is 1. The van der Waals surface area contributed by atoms with E-state index in [0.29, 0.717) is 12.8 Å². The average molecular weight is 346 g/mol. The molecule has 0 aliphatic heterocycles. The minimum atomic E-state index is -3.41. The molecule has 0 saturated heterocycles. The fourth-order valence-electron chi connectivity index (χ4n) is 2.82. The standard InChI is InChI=1S/C18H22N2O3S/c1-14(20-24(21,22)18(9-10-18)13-23-2)15-5-7-16(8-6-15)17-4-3-11-19-12-17/h3-8,11-12,14,20H,9-10,13H2,1-2H3. The van der Waals surface area contributed by atoms with Gasteiger partial charge in [-0.05, 0) is 42.5 Å². The monoisotopic (exact) mass is 346 g/mol. The molecule has 0 amide bonds. The van der Waals surface area contributed by atoms with Crippen molar-refractivity contribution in [2.24, 2.45) is 0 Å². The van der Waals surface area contributed by atoms with Gasteiger partial charge in [-0.25, -0.2) is 13.1 Å². The van der Waals surface area contributed by atoms with Crippen LogP contribution in [-0.4, -0.2) is 31.9 Å². The highest BCUT2D eigenvalue weighted by atomic mass is 32.2. The summed E-state index contributed by atoms with van der Waals surface area (Å²) in [7, 11) is -1.87. The second kappa shape index (κ2) is 6.63. The molecular formula is C18H22N2O3S. The number of aromatic nitrogens is 1. The smallest absolute Gasteiger partial charge is 0.220 e. The van der Waals surface area contributed by atoms with Gasteiger partial charge in [0.1, 0.15) is 4.75 Å². The van der Waals surface area contributed by atoms with E-state index < -0.39 is 14.8 Å². The lowest BCUT2D eigenvalue weighted by Crippen LogP contribution is -2.40. The molecule has 2 aromatic rings. The van der Waals surface area contributed by atoms with E-state index in [1.165, 1.54) is 7.11 Å². The van der Waals surface area contributed by atoms with Crippen LogP contribution < -0.4 is 4.72 Å².